The second-order valence-electron chi connectivity index (χ2n) is 9.53. The molecule has 2 fully saturated rings. The minimum absolute atomic E-state index is 0.0804. The number of nitrogens with one attached hydrogen (secondary N) is 3. The van der Waals surface area contributed by atoms with Crippen molar-refractivity contribution in [1.82, 2.24) is 24.9 Å². The Hall–Kier alpha value is -4.03. The number of benzene rings is 1. The number of urea groups is 2. The fourth-order valence-corrected chi connectivity index (χ4v) is 4.53. The molecule has 7 N–H and O–H groups in total. The molecule has 0 unspecified atom stereocenters. The molecule has 0 aromatic heterocycles. The van der Waals surface area contributed by atoms with Crippen molar-refractivity contribution in [2.45, 2.75) is 38.6 Å². The molecular formula is C25H39N9O4. The summed E-state index contributed by atoms with van der Waals surface area (Å²) in [6.07, 6.45) is 3.13. The second-order valence-corrected chi connectivity index (χ2v) is 9.53. The van der Waals surface area contributed by atoms with Crippen LogP contribution >= 0.6 is 0 Å². The monoisotopic (exact) mass is 529 g/mol. The van der Waals surface area contributed by atoms with E-state index in [0.717, 1.165) is 24.8 Å². The van der Waals surface area contributed by atoms with E-state index in [2.05, 4.69) is 10.6 Å². The number of carbonyl (C=O) groups is 4. The van der Waals surface area contributed by atoms with Crippen molar-refractivity contribution in [3.05, 3.63) is 29.8 Å². The van der Waals surface area contributed by atoms with Gasteiger partial charge in [-0.2, -0.15) is 0 Å². The Bertz CT molecular complexity index is 985. The summed E-state index contributed by atoms with van der Waals surface area (Å²) in [6, 6.07) is 6.67. The largest absolute Gasteiger partial charge is 0.370 e. The maximum atomic E-state index is 12.6. The van der Waals surface area contributed by atoms with Crippen LogP contribution in [-0.2, 0) is 16.1 Å². The predicted molar refractivity (Wildman–Crippen MR) is 143 cm³/mol. The maximum Gasteiger partial charge on any atom is 0.317 e. The number of piperazine rings is 2. The fraction of sp³-hybridized carbons (Fsp3) is 0.560. The van der Waals surface area contributed by atoms with Gasteiger partial charge in [0, 0.05) is 77.4 Å². The third kappa shape index (κ3) is 8.82. The molecule has 2 heterocycles. The van der Waals surface area contributed by atoms with Crippen LogP contribution in [0.1, 0.15) is 37.7 Å². The van der Waals surface area contributed by atoms with Crippen LogP contribution in [0.5, 0.6) is 0 Å². The minimum Gasteiger partial charge on any atom is -0.370 e. The number of unbranched alkanes of at least 4 members (excludes halogenated alkanes) is 2. The normalized spacial score (nSPS) is 15.7. The van der Waals surface area contributed by atoms with Gasteiger partial charge < -0.3 is 41.7 Å². The summed E-state index contributed by atoms with van der Waals surface area (Å²) < 4.78 is 0. The molecule has 0 atom stereocenters. The van der Waals surface area contributed by atoms with Crippen LogP contribution in [0.15, 0.2) is 24.3 Å². The molecule has 38 heavy (non-hydrogen) atoms. The topological polar surface area (TPSA) is 181 Å². The fourth-order valence-electron chi connectivity index (χ4n) is 4.53. The highest BCUT2D eigenvalue weighted by atomic mass is 16.2. The number of amides is 6. The highest BCUT2D eigenvalue weighted by molar-refractivity contribution is 5.89. The van der Waals surface area contributed by atoms with E-state index in [4.69, 9.17) is 16.9 Å². The number of primary amides is 1. The molecule has 6 amide bonds. The number of rotatable bonds is 9. The van der Waals surface area contributed by atoms with Crippen molar-refractivity contribution in [2.24, 2.45) is 11.5 Å². The molecule has 0 aliphatic carbocycles. The van der Waals surface area contributed by atoms with Gasteiger partial charge in [-0.25, -0.2) is 9.59 Å². The first-order valence-electron chi connectivity index (χ1n) is 13.1. The summed E-state index contributed by atoms with van der Waals surface area (Å²) in [5.41, 5.74) is 12.2. The van der Waals surface area contributed by atoms with Crippen molar-refractivity contribution in [1.29, 1.82) is 5.41 Å². The molecule has 13 nitrogen and oxygen atoms in total. The smallest absolute Gasteiger partial charge is 0.317 e. The standard InChI is InChI=1S/C25H39N9O4/c26-23(27)30-20-8-6-19(7-9-20)18-29-25(38)34-16-12-32(13-17-34)22(36)5-3-1-2-4-21(35)31-10-14-33(15-11-31)24(28)37/h6-9H,1-5,10-18H2,(H2,28,37)(H,29,38)(H4,26,27,30). The Morgan fingerprint density at radius 3 is 1.66 bits per heavy atom. The van der Waals surface area contributed by atoms with Crippen LogP contribution in [0.25, 0.3) is 0 Å². The van der Waals surface area contributed by atoms with Crippen molar-refractivity contribution in [3.63, 3.8) is 0 Å². The molecule has 2 aliphatic rings. The van der Waals surface area contributed by atoms with Gasteiger partial charge in [0.2, 0.25) is 11.8 Å². The quantitative estimate of drug-likeness (QED) is 0.177. The van der Waals surface area contributed by atoms with Crippen LogP contribution in [0.4, 0.5) is 15.3 Å². The lowest BCUT2D eigenvalue weighted by Gasteiger charge is -2.35. The van der Waals surface area contributed by atoms with Gasteiger partial charge in [-0.05, 0) is 30.5 Å². The summed E-state index contributed by atoms with van der Waals surface area (Å²) >= 11 is 0. The van der Waals surface area contributed by atoms with E-state index in [0.29, 0.717) is 77.4 Å². The molecule has 0 radical (unpaired) electrons. The van der Waals surface area contributed by atoms with Crippen molar-refractivity contribution < 1.29 is 19.2 Å². The number of guanidine groups is 1. The van der Waals surface area contributed by atoms with Crippen LogP contribution in [0.3, 0.4) is 0 Å². The molecular weight excluding hydrogens is 490 g/mol. The minimum atomic E-state index is -0.449. The molecule has 0 bridgehead atoms. The van der Waals surface area contributed by atoms with Crippen LogP contribution < -0.4 is 22.1 Å². The van der Waals surface area contributed by atoms with Crippen molar-refractivity contribution >= 4 is 35.5 Å². The lowest BCUT2D eigenvalue weighted by atomic mass is 10.1. The molecule has 3 rings (SSSR count). The first kappa shape index (κ1) is 28.5. The number of hydrogen-bond donors (Lipinski definition) is 5. The average Bonchev–Trinajstić information content (AvgIpc) is 2.92. The summed E-state index contributed by atoms with van der Waals surface area (Å²) in [4.78, 5) is 55.4. The van der Waals surface area contributed by atoms with E-state index in [-0.39, 0.29) is 23.8 Å². The van der Waals surface area contributed by atoms with Crippen molar-refractivity contribution in [2.75, 3.05) is 57.7 Å². The van der Waals surface area contributed by atoms with E-state index in [9.17, 15) is 19.2 Å². The number of hydrogen-bond acceptors (Lipinski definition) is 5. The van der Waals surface area contributed by atoms with E-state index in [1.807, 2.05) is 12.1 Å². The number of anilines is 1. The molecule has 2 saturated heterocycles. The Morgan fingerprint density at radius 2 is 1.18 bits per heavy atom. The Kier molecular flexibility index (Phi) is 10.6. The molecule has 0 saturated carbocycles. The number of carbonyl (C=O) groups excluding carboxylic acids is 4. The third-order valence-electron chi connectivity index (χ3n) is 6.82. The molecule has 1 aromatic rings. The van der Waals surface area contributed by atoms with Gasteiger partial charge >= 0.3 is 12.1 Å². The predicted octanol–water partition coefficient (Wildman–Crippen LogP) is 0.519. The maximum absolute atomic E-state index is 12.6. The summed E-state index contributed by atoms with van der Waals surface area (Å²) in [6.45, 7) is 4.33. The zero-order valence-corrected chi connectivity index (χ0v) is 21.8. The van der Waals surface area contributed by atoms with Gasteiger partial charge in [0.05, 0.1) is 0 Å². The summed E-state index contributed by atoms with van der Waals surface area (Å²) in [5.74, 6) is 0.0280. The lowest BCUT2D eigenvalue weighted by Crippen LogP contribution is -2.53. The molecule has 208 valence electrons. The van der Waals surface area contributed by atoms with Crippen LogP contribution in [0, 0.1) is 5.41 Å². The Morgan fingerprint density at radius 1 is 0.711 bits per heavy atom. The Balaban J connectivity index is 1.25. The number of nitrogens with two attached hydrogens (primary N) is 2. The number of nitrogens with zero attached hydrogens (tertiary/aromatic N) is 4. The Labute approximate surface area is 223 Å². The van der Waals surface area contributed by atoms with Crippen LogP contribution in [-0.4, -0.2) is 102 Å². The summed E-state index contributed by atoms with van der Waals surface area (Å²) in [7, 11) is 0. The van der Waals surface area contributed by atoms with Gasteiger partial charge in [-0.15, -0.1) is 0 Å². The molecule has 1 aromatic carbocycles. The van der Waals surface area contributed by atoms with Crippen LogP contribution in [0.2, 0.25) is 0 Å². The van der Waals surface area contributed by atoms with Gasteiger partial charge in [0.1, 0.15) is 0 Å². The zero-order chi connectivity index (χ0) is 27.5. The van der Waals surface area contributed by atoms with Gasteiger partial charge in [0.15, 0.2) is 5.96 Å². The van der Waals surface area contributed by atoms with Gasteiger partial charge in [0.25, 0.3) is 0 Å². The van der Waals surface area contributed by atoms with Gasteiger partial charge in [-0.3, -0.25) is 15.0 Å². The van der Waals surface area contributed by atoms with E-state index < -0.39 is 6.03 Å². The van der Waals surface area contributed by atoms with Crippen molar-refractivity contribution in [3.8, 4) is 0 Å². The SMILES string of the molecule is N=C(N)Nc1ccc(CNC(=O)N2CCN(C(=O)CCCCCC(=O)N3CCN(C(N)=O)CC3)CC2)cc1. The first-order chi connectivity index (χ1) is 18.2. The van der Waals surface area contributed by atoms with Gasteiger partial charge in [-0.1, -0.05) is 18.6 Å². The van der Waals surface area contributed by atoms with E-state index in [1.165, 1.54) is 0 Å². The third-order valence-corrected chi connectivity index (χ3v) is 6.82. The lowest BCUT2D eigenvalue weighted by molar-refractivity contribution is -0.133. The van der Waals surface area contributed by atoms with E-state index in [1.54, 1.807) is 31.7 Å². The highest BCUT2D eigenvalue weighted by Gasteiger charge is 2.24. The zero-order valence-electron chi connectivity index (χ0n) is 21.8. The first-order valence-corrected chi connectivity index (χ1v) is 13.1. The molecule has 13 heteroatoms. The molecule has 0 spiro atoms. The van der Waals surface area contributed by atoms with E-state index >= 15 is 0 Å². The molecule has 2 aliphatic heterocycles. The highest BCUT2D eigenvalue weighted by Crippen LogP contribution is 2.12. The summed E-state index contributed by atoms with van der Waals surface area (Å²) in [5, 5.41) is 12.9. The average molecular weight is 530 g/mol. The second kappa shape index (κ2) is 14.1.